The van der Waals surface area contributed by atoms with Gasteiger partial charge in [-0.1, -0.05) is 72.4 Å². The minimum absolute atomic E-state index is 0.217. The van der Waals surface area contributed by atoms with Gasteiger partial charge in [0.15, 0.2) is 11.0 Å². The first-order chi connectivity index (χ1) is 17.0. The molecule has 0 aliphatic carbocycles. The molecule has 1 unspecified atom stereocenters. The Morgan fingerprint density at radius 3 is 2.63 bits per heavy atom. The van der Waals surface area contributed by atoms with Crippen LogP contribution in [0.3, 0.4) is 0 Å². The average molecular weight is 486 g/mol. The number of amides is 1. The maximum Gasteiger partial charge on any atom is 0.253 e. The first-order valence-electron chi connectivity index (χ1n) is 11.3. The van der Waals surface area contributed by atoms with Gasteiger partial charge in [0.2, 0.25) is 0 Å². The van der Waals surface area contributed by atoms with Crippen molar-refractivity contribution in [1.82, 2.24) is 20.2 Å². The van der Waals surface area contributed by atoms with Crippen molar-refractivity contribution in [2.75, 3.05) is 0 Å². The van der Waals surface area contributed by atoms with Crippen molar-refractivity contribution in [1.29, 1.82) is 0 Å². The summed E-state index contributed by atoms with van der Waals surface area (Å²) >= 11 is 1.31. The molecule has 1 aromatic heterocycles. The molecule has 0 saturated carbocycles. The number of carbonyl (C=O) groups excluding carboxylic acids is 1. The predicted octanol–water partition coefficient (Wildman–Crippen LogP) is 5.22. The van der Waals surface area contributed by atoms with Crippen LogP contribution in [0.1, 0.15) is 25.2 Å². The molecular weight excluding hydrogens is 458 g/mol. The summed E-state index contributed by atoms with van der Waals surface area (Å²) in [5, 5.41) is 15.3. The number of nitrogens with zero attached hydrogens (tertiary/aromatic N) is 4. The zero-order valence-corrected chi connectivity index (χ0v) is 20.5. The summed E-state index contributed by atoms with van der Waals surface area (Å²) in [5.41, 5.74) is 4.37. The van der Waals surface area contributed by atoms with Crippen LogP contribution in [0.15, 0.2) is 95.7 Å². The molecule has 1 heterocycles. The zero-order valence-electron chi connectivity index (χ0n) is 19.7. The van der Waals surface area contributed by atoms with E-state index in [4.69, 9.17) is 4.74 Å². The highest BCUT2D eigenvalue weighted by Gasteiger charge is 2.20. The van der Waals surface area contributed by atoms with E-state index in [9.17, 15) is 4.79 Å². The Labute approximate surface area is 208 Å². The second-order valence-corrected chi connectivity index (χ2v) is 9.20. The standard InChI is InChI=1S/C27H27N5O2S/c1-4-16-32-25(18-34-24-12-6-5-7-13-24)29-31-27(32)35-20(3)26(33)30-28-19(2)22-15-14-21-10-8-9-11-23(21)17-22/h4-15,17,20H,1,16,18H2,2-3H3,(H,30,33)/b28-19+. The molecule has 0 aliphatic rings. The quantitative estimate of drug-likeness (QED) is 0.144. The molecule has 0 spiro atoms. The maximum absolute atomic E-state index is 12.7. The molecule has 0 fully saturated rings. The van der Waals surface area contributed by atoms with Gasteiger partial charge in [0.05, 0.1) is 11.0 Å². The third-order valence-corrected chi connectivity index (χ3v) is 6.45. The Bertz CT molecular complexity index is 1350. The molecule has 4 rings (SSSR count). The van der Waals surface area contributed by atoms with Crippen molar-refractivity contribution in [2.24, 2.45) is 5.10 Å². The lowest BCUT2D eigenvalue weighted by Gasteiger charge is -2.12. The van der Waals surface area contributed by atoms with E-state index in [1.54, 1.807) is 6.08 Å². The van der Waals surface area contributed by atoms with Gasteiger partial charge in [0, 0.05) is 6.54 Å². The molecule has 1 atom stereocenters. The number of aromatic nitrogens is 3. The predicted molar refractivity (Wildman–Crippen MR) is 141 cm³/mol. The molecule has 0 radical (unpaired) electrons. The number of nitrogens with one attached hydrogen (secondary N) is 1. The molecule has 0 bridgehead atoms. The Morgan fingerprint density at radius 2 is 1.86 bits per heavy atom. The van der Waals surface area contributed by atoms with Crippen LogP contribution >= 0.6 is 11.8 Å². The lowest BCUT2D eigenvalue weighted by atomic mass is 10.0. The molecule has 0 aliphatic heterocycles. The Hall–Kier alpha value is -3.91. The molecule has 3 aromatic carbocycles. The monoisotopic (exact) mass is 485 g/mol. The summed E-state index contributed by atoms with van der Waals surface area (Å²) in [6.07, 6.45) is 1.77. The molecule has 4 aromatic rings. The van der Waals surface area contributed by atoms with E-state index < -0.39 is 5.25 Å². The van der Waals surface area contributed by atoms with E-state index in [1.165, 1.54) is 11.8 Å². The van der Waals surface area contributed by atoms with Crippen molar-refractivity contribution in [3.63, 3.8) is 0 Å². The highest BCUT2D eigenvalue weighted by Crippen LogP contribution is 2.23. The lowest BCUT2D eigenvalue weighted by molar-refractivity contribution is -0.120. The first kappa shape index (κ1) is 24.2. The van der Waals surface area contributed by atoms with Crippen molar-refractivity contribution >= 4 is 34.2 Å². The Kier molecular flexibility index (Phi) is 7.95. The van der Waals surface area contributed by atoms with E-state index in [0.717, 1.165) is 27.8 Å². The average Bonchev–Trinajstić information content (AvgIpc) is 3.27. The Morgan fingerprint density at radius 1 is 1.11 bits per heavy atom. The molecule has 1 N–H and O–H groups in total. The number of para-hydroxylation sites is 1. The summed E-state index contributed by atoms with van der Waals surface area (Å²) in [6.45, 7) is 8.29. The molecule has 1 amide bonds. The SMILES string of the molecule is C=CCn1c(COc2ccccc2)nnc1SC(C)C(=O)N/N=C(\C)c1ccc2ccccc2c1. The van der Waals surface area contributed by atoms with Gasteiger partial charge in [-0.05, 0) is 48.4 Å². The Balaban J connectivity index is 1.39. The van der Waals surface area contributed by atoms with E-state index >= 15 is 0 Å². The lowest BCUT2D eigenvalue weighted by Crippen LogP contribution is -2.28. The number of carbonyl (C=O) groups is 1. The zero-order chi connectivity index (χ0) is 24.6. The summed E-state index contributed by atoms with van der Waals surface area (Å²) in [6, 6.07) is 23.8. The van der Waals surface area contributed by atoms with Crippen molar-refractivity contribution in [2.45, 2.75) is 37.4 Å². The molecule has 35 heavy (non-hydrogen) atoms. The topological polar surface area (TPSA) is 81.4 Å². The van der Waals surface area contributed by atoms with Crippen LogP contribution in [0.4, 0.5) is 0 Å². The number of rotatable bonds is 10. The third kappa shape index (κ3) is 6.16. The normalized spacial score (nSPS) is 12.3. The number of hydrogen-bond acceptors (Lipinski definition) is 6. The van der Waals surface area contributed by atoms with Gasteiger partial charge in [-0.3, -0.25) is 9.36 Å². The molecular formula is C27H27N5O2S. The highest BCUT2D eigenvalue weighted by atomic mass is 32.2. The second kappa shape index (κ2) is 11.5. The highest BCUT2D eigenvalue weighted by molar-refractivity contribution is 8.00. The van der Waals surface area contributed by atoms with Crippen LogP contribution in [0.5, 0.6) is 5.75 Å². The summed E-state index contributed by atoms with van der Waals surface area (Å²) < 4.78 is 7.71. The third-order valence-electron chi connectivity index (χ3n) is 5.37. The fourth-order valence-electron chi connectivity index (χ4n) is 3.41. The number of thioether (sulfide) groups is 1. The van der Waals surface area contributed by atoms with Crippen LogP contribution in [0.2, 0.25) is 0 Å². The minimum atomic E-state index is -0.432. The minimum Gasteiger partial charge on any atom is -0.486 e. The van der Waals surface area contributed by atoms with Crippen molar-refractivity contribution in [3.8, 4) is 5.75 Å². The molecule has 7 nitrogen and oxygen atoms in total. The van der Waals surface area contributed by atoms with Gasteiger partial charge in [-0.25, -0.2) is 5.43 Å². The smallest absolute Gasteiger partial charge is 0.253 e. The number of hydrazone groups is 1. The summed E-state index contributed by atoms with van der Waals surface area (Å²) in [4.78, 5) is 12.7. The molecule has 178 valence electrons. The van der Waals surface area contributed by atoms with Gasteiger partial charge < -0.3 is 4.74 Å². The maximum atomic E-state index is 12.7. The first-order valence-corrected chi connectivity index (χ1v) is 12.1. The number of hydrogen-bond donors (Lipinski definition) is 1. The fraction of sp³-hybridized carbons (Fsp3) is 0.185. The van der Waals surface area contributed by atoms with Crippen LogP contribution in [-0.2, 0) is 17.9 Å². The van der Waals surface area contributed by atoms with Crippen LogP contribution in [0, 0.1) is 0 Å². The van der Waals surface area contributed by atoms with E-state index in [2.05, 4.69) is 51.6 Å². The van der Waals surface area contributed by atoms with Gasteiger partial charge in [-0.2, -0.15) is 5.10 Å². The van der Waals surface area contributed by atoms with E-state index in [1.807, 2.05) is 66.9 Å². The van der Waals surface area contributed by atoms with Gasteiger partial charge in [0.1, 0.15) is 12.4 Å². The summed E-state index contributed by atoms with van der Waals surface area (Å²) in [7, 11) is 0. The number of ether oxygens (including phenoxy) is 1. The van der Waals surface area contributed by atoms with Crippen LogP contribution in [0.25, 0.3) is 10.8 Å². The number of allylic oxidation sites excluding steroid dienone is 1. The number of benzene rings is 3. The largest absolute Gasteiger partial charge is 0.486 e. The van der Waals surface area contributed by atoms with E-state index in [-0.39, 0.29) is 12.5 Å². The van der Waals surface area contributed by atoms with Crippen LogP contribution in [-0.4, -0.2) is 31.6 Å². The molecule has 8 heteroatoms. The number of fused-ring (bicyclic) bond motifs is 1. The van der Waals surface area contributed by atoms with Gasteiger partial charge >= 0.3 is 0 Å². The summed E-state index contributed by atoms with van der Waals surface area (Å²) in [5.74, 6) is 1.20. The van der Waals surface area contributed by atoms with Crippen molar-refractivity contribution < 1.29 is 9.53 Å². The van der Waals surface area contributed by atoms with Gasteiger partial charge in [0.25, 0.3) is 5.91 Å². The van der Waals surface area contributed by atoms with E-state index in [0.29, 0.717) is 17.5 Å². The van der Waals surface area contributed by atoms with Crippen LogP contribution < -0.4 is 10.2 Å². The molecule has 0 saturated heterocycles. The second-order valence-electron chi connectivity index (χ2n) is 7.90. The fourth-order valence-corrected chi connectivity index (χ4v) is 4.28. The van der Waals surface area contributed by atoms with Crippen molar-refractivity contribution in [3.05, 3.63) is 96.8 Å². The van der Waals surface area contributed by atoms with Gasteiger partial charge in [-0.15, -0.1) is 16.8 Å².